The third-order valence-corrected chi connectivity index (χ3v) is 2.75. The second-order valence-electron chi connectivity index (χ2n) is 4.15. The lowest BCUT2D eigenvalue weighted by Gasteiger charge is -2.11. The summed E-state index contributed by atoms with van der Waals surface area (Å²) in [5.74, 6) is 0.108. The van der Waals surface area contributed by atoms with E-state index < -0.39 is 0 Å². The van der Waals surface area contributed by atoms with Crippen LogP contribution in [-0.4, -0.2) is 28.6 Å². The molecule has 1 atom stereocenters. The van der Waals surface area contributed by atoms with Crippen molar-refractivity contribution in [2.75, 3.05) is 6.61 Å². The fraction of sp³-hybridized carbons (Fsp3) is 0.286. The molecule has 2 N–H and O–H groups in total. The van der Waals surface area contributed by atoms with Gasteiger partial charge in [0.05, 0.1) is 12.6 Å². The summed E-state index contributed by atoms with van der Waals surface area (Å²) in [5, 5.41) is 11.7. The van der Waals surface area contributed by atoms with Crippen LogP contribution in [0.15, 0.2) is 34.8 Å². The molecule has 0 aliphatic heterocycles. The molecular formula is C14H16N2O3. The molecule has 5 nitrogen and oxygen atoms in total. The molecule has 100 valence electrons. The third-order valence-electron chi connectivity index (χ3n) is 2.75. The summed E-state index contributed by atoms with van der Waals surface area (Å²) in [6, 6.07) is 7.17. The average Bonchev–Trinajstić information content (AvgIpc) is 2.85. The van der Waals surface area contributed by atoms with Gasteiger partial charge in [-0.25, -0.2) is 4.98 Å². The largest absolute Gasteiger partial charge is 0.437 e. The molecule has 1 aromatic heterocycles. The number of aromatic nitrogens is 1. The van der Waals surface area contributed by atoms with Crippen LogP contribution in [0.4, 0.5) is 0 Å². The number of fused-ring (bicyclic) bond motifs is 1. The van der Waals surface area contributed by atoms with Gasteiger partial charge < -0.3 is 14.8 Å². The Bertz CT molecular complexity index is 552. The van der Waals surface area contributed by atoms with Crippen molar-refractivity contribution in [1.29, 1.82) is 0 Å². The molecule has 1 heterocycles. The zero-order chi connectivity index (χ0) is 13.7. The Balaban J connectivity index is 2.03. The van der Waals surface area contributed by atoms with Crippen LogP contribution in [0.2, 0.25) is 0 Å². The maximum absolute atomic E-state index is 11.6. The van der Waals surface area contributed by atoms with Gasteiger partial charge in [0.25, 0.3) is 0 Å². The van der Waals surface area contributed by atoms with Gasteiger partial charge in [0.15, 0.2) is 5.58 Å². The van der Waals surface area contributed by atoms with E-state index in [2.05, 4.69) is 10.3 Å². The number of hydrogen-bond donors (Lipinski definition) is 2. The molecular weight excluding hydrogens is 244 g/mol. The molecule has 0 spiro atoms. The van der Waals surface area contributed by atoms with Gasteiger partial charge in [-0.05, 0) is 18.6 Å². The zero-order valence-corrected chi connectivity index (χ0v) is 10.7. The summed E-state index contributed by atoms with van der Waals surface area (Å²) in [6.45, 7) is 1.82. The van der Waals surface area contributed by atoms with Gasteiger partial charge >= 0.3 is 0 Å². The van der Waals surface area contributed by atoms with E-state index in [0.717, 1.165) is 5.52 Å². The van der Waals surface area contributed by atoms with Gasteiger partial charge in [-0.3, -0.25) is 4.79 Å². The zero-order valence-electron chi connectivity index (χ0n) is 10.7. The van der Waals surface area contributed by atoms with Crippen molar-refractivity contribution >= 4 is 23.1 Å². The smallest absolute Gasteiger partial charge is 0.244 e. The summed E-state index contributed by atoms with van der Waals surface area (Å²) in [6.07, 6.45) is 3.54. The van der Waals surface area contributed by atoms with Crippen LogP contribution in [0.25, 0.3) is 17.2 Å². The molecule has 0 aliphatic rings. The van der Waals surface area contributed by atoms with Crippen molar-refractivity contribution in [3.63, 3.8) is 0 Å². The number of carbonyl (C=O) groups is 1. The first-order valence-electron chi connectivity index (χ1n) is 6.18. The van der Waals surface area contributed by atoms with E-state index in [0.29, 0.717) is 17.9 Å². The molecule has 0 bridgehead atoms. The molecule has 0 radical (unpaired) electrons. The number of oxazole rings is 1. The summed E-state index contributed by atoms with van der Waals surface area (Å²) in [7, 11) is 0. The molecule has 1 aromatic carbocycles. The SMILES string of the molecule is CC[C@H](CO)NC(=O)/C=C/c1nc2ccccc2o1. The monoisotopic (exact) mass is 260 g/mol. The van der Waals surface area contributed by atoms with E-state index in [9.17, 15) is 4.79 Å². The number of nitrogens with one attached hydrogen (secondary N) is 1. The number of carbonyl (C=O) groups excluding carboxylic acids is 1. The Hall–Kier alpha value is -2.14. The molecule has 2 aromatic rings. The average molecular weight is 260 g/mol. The van der Waals surface area contributed by atoms with Gasteiger partial charge in [0.1, 0.15) is 5.52 Å². The molecule has 2 rings (SSSR count). The number of para-hydroxylation sites is 2. The second kappa shape index (κ2) is 6.15. The highest BCUT2D eigenvalue weighted by atomic mass is 16.3. The van der Waals surface area contributed by atoms with Crippen molar-refractivity contribution in [2.24, 2.45) is 0 Å². The van der Waals surface area contributed by atoms with E-state index in [1.807, 2.05) is 31.2 Å². The molecule has 0 saturated carbocycles. The van der Waals surface area contributed by atoms with Crippen LogP contribution in [0.5, 0.6) is 0 Å². The second-order valence-corrected chi connectivity index (χ2v) is 4.15. The predicted molar refractivity (Wildman–Crippen MR) is 72.4 cm³/mol. The Morgan fingerprint density at radius 1 is 1.53 bits per heavy atom. The Labute approximate surface area is 110 Å². The number of nitrogens with zero attached hydrogens (tertiary/aromatic N) is 1. The summed E-state index contributed by atoms with van der Waals surface area (Å²) < 4.78 is 5.45. The number of rotatable bonds is 5. The van der Waals surface area contributed by atoms with Crippen molar-refractivity contribution < 1.29 is 14.3 Å². The molecule has 0 saturated heterocycles. The molecule has 0 unspecified atom stereocenters. The van der Waals surface area contributed by atoms with Crippen molar-refractivity contribution in [3.05, 3.63) is 36.2 Å². The number of amides is 1. The normalized spacial score (nSPS) is 12.9. The minimum atomic E-state index is -0.275. The van der Waals surface area contributed by atoms with E-state index in [1.165, 1.54) is 12.2 Å². The van der Waals surface area contributed by atoms with Crippen LogP contribution in [-0.2, 0) is 4.79 Å². The lowest BCUT2D eigenvalue weighted by atomic mass is 10.2. The highest BCUT2D eigenvalue weighted by Crippen LogP contribution is 2.15. The summed E-state index contributed by atoms with van der Waals surface area (Å²) >= 11 is 0. The van der Waals surface area contributed by atoms with Gasteiger partial charge in [-0.2, -0.15) is 0 Å². The van der Waals surface area contributed by atoms with Gasteiger partial charge in [-0.1, -0.05) is 19.1 Å². The molecule has 19 heavy (non-hydrogen) atoms. The van der Waals surface area contributed by atoms with Crippen LogP contribution >= 0.6 is 0 Å². The fourth-order valence-corrected chi connectivity index (χ4v) is 1.63. The topological polar surface area (TPSA) is 75.4 Å². The lowest BCUT2D eigenvalue weighted by molar-refractivity contribution is -0.117. The summed E-state index contributed by atoms with van der Waals surface area (Å²) in [4.78, 5) is 15.8. The Morgan fingerprint density at radius 2 is 2.32 bits per heavy atom. The predicted octanol–water partition coefficient (Wildman–Crippen LogP) is 1.73. The van der Waals surface area contributed by atoms with E-state index >= 15 is 0 Å². The number of aliphatic hydroxyl groups is 1. The highest BCUT2D eigenvalue weighted by Gasteiger charge is 2.07. The minimum absolute atomic E-state index is 0.0705. The quantitative estimate of drug-likeness (QED) is 0.803. The van der Waals surface area contributed by atoms with Crippen LogP contribution in [0.3, 0.4) is 0 Å². The first kappa shape index (κ1) is 13.3. The van der Waals surface area contributed by atoms with E-state index in [4.69, 9.17) is 9.52 Å². The molecule has 0 fully saturated rings. The number of hydrogen-bond acceptors (Lipinski definition) is 4. The standard InChI is InChI=1S/C14H16N2O3/c1-2-10(9-17)15-13(18)7-8-14-16-11-5-3-4-6-12(11)19-14/h3-8,10,17H,2,9H2,1H3,(H,15,18)/b8-7+/t10-/m1/s1. The molecule has 0 aliphatic carbocycles. The first-order chi connectivity index (χ1) is 9.22. The van der Waals surface area contributed by atoms with Crippen LogP contribution in [0, 0.1) is 0 Å². The lowest BCUT2D eigenvalue weighted by Crippen LogP contribution is -2.35. The van der Waals surface area contributed by atoms with E-state index in [1.54, 1.807) is 0 Å². The first-order valence-corrected chi connectivity index (χ1v) is 6.18. The van der Waals surface area contributed by atoms with Crippen molar-refractivity contribution in [2.45, 2.75) is 19.4 Å². The van der Waals surface area contributed by atoms with E-state index in [-0.39, 0.29) is 18.6 Å². The number of benzene rings is 1. The van der Waals surface area contributed by atoms with Crippen LogP contribution in [0.1, 0.15) is 19.2 Å². The summed E-state index contributed by atoms with van der Waals surface area (Å²) in [5.41, 5.74) is 1.44. The Morgan fingerprint density at radius 3 is 3.00 bits per heavy atom. The van der Waals surface area contributed by atoms with Gasteiger partial charge in [-0.15, -0.1) is 0 Å². The van der Waals surface area contributed by atoms with Crippen molar-refractivity contribution in [3.8, 4) is 0 Å². The number of aliphatic hydroxyl groups excluding tert-OH is 1. The fourth-order valence-electron chi connectivity index (χ4n) is 1.63. The van der Waals surface area contributed by atoms with Gasteiger partial charge in [0.2, 0.25) is 11.8 Å². The highest BCUT2D eigenvalue weighted by molar-refractivity contribution is 5.91. The van der Waals surface area contributed by atoms with Crippen LogP contribution < -0.4 is 5.32 Å². The molecule has 5 heteroatoms. The molecule has 1 amide bonds. The third kappa shape index (κ3) is 3.42. The van der Waals surface area contributed by atoms with Crippen molar-refractivity contribution in [1.82, 2.24) is 10.3 Å². The minimum Gasteiger partial charge on any atom is -0.437 e. The Kier molecular flexibility index (Phi) is 4.30. The maximum atomic E-state index is 11.6. The van der Waals surface area contributed by atoms with Gasteiger partial charge in [0, 0.05) is 12.2 Å². The maximum Gasteiger partial charge on any atom is 0.244 e.